The van der Waals surface area contributed by atoms with Gasteiger partial charge in [-0.15, -0.1) is 0 Å². The van der Waals surface area contributed by atoms with Gasteiger partial charge in [0.15, 0.2) is 0 Å². The second-order valence-electron chi connectivity index (χ2n) is 30.0. The Morgan fingerprint density at radius 3 is 0.891 bits per heavy atom. The van der Waals surface area contributed by atoms with Crippen LogP contribution >= 0.6 is 0 Å². The first-order valence-electron chi connectivity index (χ1n) is 38.4. The minimum atomic E-state index is -0.424. The molecule has 19 aromatic carbocycles. The maximum Gasteiger partial charge on any atom is 0.0725 e. The molecule has 510 valence electrons. The molecule has 0 aliphatic heterocycles. The SMILES string of the molecule is c1ccc(N(c2ccccc2)c2ccc(-c3ccc4c(c3)-c3ccccc3C43c4ccccc4-c4c3cc3c5c(cccc45)-c4ccccc4-3)cc2)cc1.c1ccc(N(c2ccccc2)c2ccc(-c3ccc4c(c3)-c3ccccc3C43c4ccccc4-c4cc5c6ccccc6c6ccccc6c5cc43)cc2)cc1. The molecule has 24 rings (SSSR count). The molecule has 110 heavy (non-hydrogen) atoms. The third kappa shape index (κ3) is 8.81. The first kappa shape index (κ1) is 62.1. The van der Waals surface area contributed by atoms with E-state index >= 15 is 0 Å². The van der Waals surface area contributed by atoms with Crippen molar-refractivity contribution in [2.75, 3.05) is 9.80 Å². The van der Waals surface area contributed by atoms with E-state index < -0.39 is 10.8 Å². The third-order valence-corrected chi connectivity index (χ3v) is 24.6. The van der Waals surface area contributed by atoms with Crippen LogP contribution in [0.3, 0.4) is 0 Å². The van der Waals surface area contributed by atoms with Crippen LogP contribution in [-0.4, -0.2) is 0 Å². The van der Waals surface area contributed by atoms with E-state index in [-0.39, 0.29) is 0 Å². The van der Waals surface area contributed by atoms with Gasteiger partial charge in [-0.25, -0.2) is 0 Å². The van der Waals surface area contributed by atoms with Gasteiger partial charge in [-0.1, -0.05) is 309 Å². The van der Waals surface area contributed by atoms with Crippen molar-refractivity contribution >= 4 is 77.2 Å². The Balaban J connectivity index is 0.000000132. The number of hydrogen-bond acceptors (Lipinski definition) is 2. The van der Waals surface area contributed by atoms with Gasteiger partial charge < -0.3 is 9.80 Å². The van der Waals surface area contributed by atoms with Crippen LogP contribution in [0.1, 0.15) is 44.5 Å². The van der Waals surface area contributed by atoms with Crippen molar-refractivity contribution in [1.29, 1.82) is 0 Å². The Kier molecular flexibility index (Phi) is 13.6. The van der Waals surface area contributed by atoms with Gasteiger partial charge in [0.2, 0.25) is 0 Å². The summed E-state index contributed by atoms with van der Waals surface area (Å²) in [6.07, 6.45) is 0. The third-order valence-electron chi connectivity index (χ3n) is 24.6. The molecule has 2 atom stereocenters. The average Bonchev–Trinajstić information content (AvgIpc) is 1.50. The molecule has 2 unspecified atom stereocenters. The van der Waals surface area contributed by atoms with Gasteiger partial charge in [-0.2, -0.15) is 0 Å². The van der Waals surface area contributed by atoms with Crippen LogP contribution in [0.5, 0.6) is 0 Å². The predicted molar refractivity (Wildman–Crippen MR) is 460 cm³/mol. The zero-order valence-corrected chi connectivity index (χ0v) is 60.2. The molecule has 2 spiro atoms. The molecule has 0 aromatic heterocycles. The fourth-order valence-corrected chi connectivity index (χ4v) is 20.2. The number of para-hydroxylation sites is 4. The topological polar surface area (TPSA) is 6.48 Å². The lowest BCUT2D eigenvalue weighted by Gasteiger charge is -2.31. The number of anilines is 6. The summed E-state index contributed by atoms with van der Waals surface area (Å²) in [4.78, 5) is 4.63. The van der Waals surface area contributed by atoms with Crippen molar-refractivity contribution in [3.8, 4) is 89.0 Å². The maximum atomic E-state index is 2.55. The standard InChI is InChI=1S/C55H35N.C53H33N/c1-3-15-38(16-4-1)56(39-17-5-2-6-18-39)40-30-27-36(28-31-40)37-29-32-53-49(33-37)45-23-11-13-25-51(45)55(53)52-26-14-12-24-46(52)50-34-47-43-21-9-7-19-41(43)42-20-8-10-22-44(42)48(47)35-54(50)55;1-3-14-36(15-4-1)54(37-16-5-2-6-17-37)38-29-26-34(27-30-38)35-28-31-49-45(32-35)41-20-9-11-24-47(41)53(49)48-25-12-10-21-43(48)52-44-23-13-22-42-39-18-7-8-19-40(39)46(51(42)44)33-50(52)53/h1-35H;1-33H. The largest absolute Gasteiger partial charge is 0.311 e. The molecular weight excluding hydrogens is 1330 g/mol. The monoisotopic (exact) mass is 1390 g/mol. The van der Waals surface area contributed by atoms with Crippen LogP contribution in [0.4, 0.5) is 34.1 Å². The van der Waals surface area contributed by atoms with E-state index in [2.05, 4.69) is 422 Å². The van der Waals surface area contributed by atoms with Crippen LogP contribution in [0.25, 0.3) is 132 Å². The van der Waals surface area contributed by atoms with E-state index in [9.17, 15) is 0 Å². The molecule has 5 aliphatic carbocycles. The smallest absolute Gasteiger partial charge is 0.0725 e. The molecule has 2 heteroatoms. The summed E-state index contributed by atoms with van der Waals surface area (Å²) in [7, 11) is 0. The van der Waals surface area contributed by atoms with Crippen molar-refractivity contribution in [1.82, 2.24) is 0 Å². The second-order valence-corrected chi connectivity index (χ2v) is 30.0. The maximum absolute atomic E-state index is 2.55. The zero-order valence-electron chi connectivity index (χ0n) is 60.2. The van der Waals surface area contributed by atoms with Crippen LogP contribution in [0, 0.1) is 0 Å². The van der Waals surface area contributed by atoms with Crippen molar-refractivity contribution < 1.29 is 0 Å². The highest BCUT2D eigenvalue weighted by atomic mass is 15.1. The predicted octanol–water partition coefficient (Wildman–Crippen LogP) is 28.6. The lowest BCUT2D eigenvalue weighted by Crippen LogP contribution is -2.25. The normalized spacial score (nSPS) is 15.0. The highest BCUT2D eigenvalue weighted by molar-refractivity contribution is 6.27. The molecule has 2 nitrogen and oxygen atoms in total. The molecule has 0 saturated heterocycles. The Morgan fingerprint density at radius 2 is 0.445 bits per heavy atom. The number of benzene rings is 19. The summed E-state index contributed by atoms with van der Waals surface area (Å²) in [5, 5.41) is 10.6. The number of hydrogen-bond donors (Lipinski definition) is 0. The minimum absolute atomic E-state index is 0.412. The quantitative estimate of drug-likeness (QED) is 0.140. The Bertz CT molecular complexity index is 6920. The molecule has 0 amide bonds. The van der Waals surface area contributed by atoms with Crippen molar-refractivity contribution in [2.24, 2.45) is 0 Å². The fourth-order valence-electron chi connectivity index (χ4n) is 20.2. The van der Waals surface area contributed by atoms with Crippen molar-refractivity contribution in [3.05, 3.63) is 457 Å². The summed E-state index contributed by atoms with van der Waals surface area (Å²) in [5.41, 5.74) is 37.8. The summed E-state index contributed by atoms with van der Waals surface area (Å²) < 4.78 is 0. The van der Waals surface area contributed by atoms with E-state index in [0.717, 1.165) is 34.1 Å². The summed E-state index contributed by atoms with van der Waals surface area (Å²) in [5.74, 6) is 0. The van der Waals surface area contributed by atoms with Gasteiger partial charge in [0.25, 0.3) is 0 Å². The van der Waals surface area contributed by atoms with Gasteiger partial charge in [0.05, 0.1) is 10.8 Å². The van der Waals surface area contributed by atoms with Crippen LogP contribution in [0.15, 0.2) is 413 Å². The summed E-state index contributed by atoms with van der Waals surface area (Å²) in [6, 6.07) is 153. The van der Waals surface area contributed by atoms with Crippen LogP contribution < -0.4 is 9.80 Å². The van der Waals surface area contributed by atoms with Crippen LogP contribution in [0.2, 0.25) is 0 Å². The van der Waals surface area contributed by atoms with E-state index in [1.165, 1.54) is 177 Å². The van der Waals surface area contributed by atoms with Gasteiger partial charge in [-0.3, -0.25) is 0 Å². The highest BCUT2D eigenvalue weighted by Crippen LogP contribution is 2.67. The molecule has 0 radical (unpaired) electrons. The Morgan fingerprint density at radius 1 is 0.145 bits per heavy atom. The molecule has 19 aromatic rings. The first-order chi connectivity index (χ1) is 54.6. The molecule has 0 saturated carbocycles. The van der Waals surface area contributed by atoms with Crippen LogP contribution in [-0.2, 0) is 10.8 Å². The second kappa shape index (κ2) is 24.2. The van der Waals surface area contributed by atoms with Gasteiger partial charge in [0, 0.05) is 34.1 Å². The lowest BCUT2D eigenvalue weighted by atomic mass is 9.70. The number of rotatable bonds is 8. The summed E-state index contributed by atoms with van der Waals surface area (Å²) >= 11 is 0. The zero-order chi connectivity index (χ0) is 72.2. The van der Waals surface area contributed by atoms with Crippen molar-refractivity contribution in [3.63, 3.8) is 0 Å². The highest BCUT2D eigenvalue weighted by Gasteiger charge is 2.54. The molecule has 0 N–H and O–H groups in total. The minimum Gasteiger partial charge on any atom is -0.311 e. The fraction of sp³-hybridized carbons (Fsp3) is 0.0185. The van der Waals surface area contributed by atoms with E-state index in [1.54, 1.807) is 0 Å². The molecular formula is C108H68N2. The number of fused-ring (bicyclic) bond motifs is 30. The van der Waals surface area contributed by atoms with Gasteiger partial charge in [0.1, 0.15) is 0 Å². The summed E-state index contributed by atoms with van der Waals surface area (Å²) in [6.45, 7) is 0. The van der Waals surface area contributed by atoms with Gasteiger partial charge >= 0.3 is 0 Å². The molecule has 0 heterocycles. The van der Waals surface area contributed by atoms with Crippen molar-refractivity contribution in [2.45, 2.75) is 10.8 Å². The first-order valence-corrected chi connectivity index (χ1v) is 38.4. The number of nitrogens with zero attached hydrogens (tertiary/aromatic N) is 2. The van der Waals surface area contributed by atoms with E-state index in [1.807, 2.05) is 0 Å². The lowest BCUT2D eigenvalue weighted by molar-refractivity contribution is 0.795. The van der Waals surface area contributed by atoms with E-state index in [0.29, 0.717) is 0 Å². The Hall–Kier alpha value is -14.2. The molecule has 5 aliphatic rings. The Labute approximate surface area is 639 Å². The van der Waals surface area contributed by atoms with Gasteiger partial charge in [-0.05, 0) is 280 Å². The molecule has 0 fully saturated rings. The average molecular weight is 1390 g/mol. The van der Waals surface area contributed by atoms with E-state index in [4.69, 9.17) is 0 Å². The molecule has 0 bridgehead atoms.